The smallest absolute Gasteiger partial charge is 0.0473 e. The SMILES string of the molecule is Cl.Clc1cccc(C2CNCCN2CC2CCOCC2)c1. The van der Waals surface area contributed by atoms with E-state index in [0.717, 1.165) is 43.8 Å². The fourth-order valence-corrected chi connectivity index (χ4v) is 3.47. The van der Waals surface area contributed by atoms with Gasteiger partial charge in [0.1, 0.15) is 0 Å². The third-order valence-electron chi connectivity index (χ3n) is 4.42. The maximum absolute atomic E-state index is 6.15. The molecule has 2 saturated heterocycles. The third kappa shape index (κ3) is 4.57. The van der Waals surface area contributed by atoms with Crippen molar-refractivity contribution in [2.24, 2.45) is 5.92 Å². The molecule has 0 aromatic heterocycles. The van der Waals surface area contributed by atoms with Gasteiger partial charge in [-0.25, -0.2) is 0 Å². The molecule has 5 heteroatoms. The summed E-state index contributed by atoms with van der Waals surface area (Å²) in [5, 5.41) is 4.34. The van der Waals surface area contributed by atoms with Crippen molar-refractivity contribution in [1.29, 1.82) is 0 Å². The van der Waals surface area contributed by atoms with Gasteiger partial charge in [0.05, 0.1) is 0 Å². The van der Waals surface area contributed by atoms with Gasteiger partial charge in [0.2, 0.25) is 0 Å². The van der Waals surface area contributed by atoms with Crippen molar-refractivity contribution in [2.75, 3.05) is 39.4 Å². The lowest BCUT2D eigenvalue weighted by Gasteiger charge is -2.39. The van der Waals surface area contributed by atoms with Crippen molar-refractivity contribution in [2.45, 2.75) is 18.9 Å². The fraction of sp³-hybridized carbons (Fsp3) is 0.625. The zero-order valence-corrected chi connectivity index (χ0v) is 13.8. The van der Waals surface area contributed by atoms with E-state index in [-0.39, 0.29) is 12.4 Å². The molecule has 0 saturated carbocycles. The Kier molecular flexibility index (Phi) is 6.77. The van der Waals surface area contributed by atoms with Gasteiger partial charge in [-0.3, -0.25) is 4.90 Å². The largest absolute Gasteiger partial charge is 0.381 e. The average Bonchev–Trinajstić information content (AvgIpc) is 2.49. The molecule has 0 radical (unpaired) electrons. The molecule has 3 rings (SSSR count). The molecule has 2 aliphatic heterocycles. The molecular formula is C16H24Cl2N2O. The lowest BCUT2D eigenvalue weighted by Crippen LogP contribution is -2.48. The van der Waals surface area contributed by atoms with Crippen LogP contribution in [0.5, 0.6) is 0 Å². The number of halogens is 2. The van der Waals surface area contributed by atoms with Crippen LogP contribution in [-0.2, 0) is 4.74 Å². The minimum absolute atomic E-state index is 0. The Morgan fingerprint density at radius 2 is 2.10 bits per heavy atom. The van der Waals surface area contributed by atoms with Gasteiger partial charge < -0.3 is 10.1 Å². The first-order valence-electron chi connectivity index (χ1n) is 7.61. The third-order valence-corrected chi connectivity index (χ3v) is 4.66. The normalized spacial score (nSPS) is 24.5. The molecule has 2 heterocycles. The topological polar surface area (TPSA) is 24.5 Å². The molecule has 0 aliphatic carbocycles. The van der Waals surface area contributed by atoms with Crippen LogP contribution in [-0.4, -0.2) is 44.3 Å². The summed E-state index contributed by atoms with van der Waals surface area (Å²) in [6.07, 6.45) is 2.40. The highest BCUT2D eigenvalue weighted by Crippen LogP contribution is 2.27. The summed E-state index contributed by atoms with van der Waals surface area (Å²) in [6.45, 7) is 6.26. The molecule has 0 spiro atoms. The molecule has 3 nitrogen and oxygen atoms in total. The Morgan fingerprint density at radius 1 is 1.29 bits per heavy atom. The van der Waals surface area contributed by atoms with E-state index in [1.54, 1.807) is 0 Å². The van der Waals surface area contributed by atoms with Crippen LogP contribution < -0.4 is 5.32 Å². The Labute approximate surface area is 138 Å². The first-order valence-corrected chi connectivity index (χ1v) is 7.99. The van der Waals surface area contributed by atoms with E-state index >= 15 is 0 Å². The predicted octanol–water partition coefficient (Wildman–Crippen LogP) is 3.13. The first kappa shape index (κ1) is 17.0. The summed E-state index contributed by atoms with van der Waals surface area (Å²) in [5.74, 6) is 0.781. The van der Waals surface area contributed by atoms with Crippen LogP contribution in [0.4, 0.5) is 0 Å². The summed E-state index contributed by atoms with van der Waals surface area (Å²) < 4.78 is 5.47. The van der Waals surface area contributed by atoms with Gasteiger partial charge in [0.25, 0.3) is 0 Å². The zero-order chi connectivity index (χ0) is 13.8. The molecule has 1 N–H and O–H groups in total. The van der Waals surface area contributed by atoms with E-state index in [0.29, 0.717) is 6.04 Å². The average molecular weight is 331 g/mol. The second kappa shape index (κ2) is 8.35. The Balaban J connectivity index is 0.00000161. The van der Waals surface area contributed by atoms with Gasteiger partial charge in [0.15, 0.2) is 0 Å². The minimum Gasteiger partial charge on any atom is -0.381 e. The van der Waals surface area contributed by atoms with Crippen LogP contribution in [0.3, 0.4) is 0 Å². The number of hydrogen-bond acceptors (Lipinski definition) is 3. The van der Waals surface area contributed by atoms with Gasteiger partial charge >= 0.3 is 0 Å². The number of hydrogen-bond donors (Lipinski definition) is 1. The van der Waals surface area contributed by atoms with E-state index in [1.807, 2.05) is 6.07 Å². The summed E-state index contributed by atoms with van der Waals surface area (Å²) >= 11 is 6.15. The zero-order valence-electron chi connectivity index (χ0n) is 12.3. The maximum Gasteiger partial charge on any atom is 0.0473 e. The molecule has 1 unspecified atom stereocenters. The quantitative estimate of drug-likeness (QED) is 0.921. The molecule has 1 atom stereocenters. The van der Waals surface area contributed by atoms with Crippen molar-refractivity contribution < 1.29 is 4.74 Å². The molecule has 0 bridgehead atoms. The number of ether oxygens (including phenoxy) is 1. The van der Waals surface area contributed by atoms with Crippen molar-refractivity contribution in [3.05, 3.63) is 34.9 Å². The summed E-state index contributed by atoms with van der Waals surface area (Å²) in [7, 11) is 0. The standard InChI is InChI=1S/C16H23ClN2O.ClH/c17-15-3-1-2-14(10-15)16-11-18-6-7-19(16)12-13-4-8-20-9-5-13;/h1-3,10,13,16,18H,4-9,11-12H2;1H. The number of nitrogens with one attached hydrogen (secondary N) is 1. The van der Waals surface area contributed by atoms with Crippen LogP contribution in [0.15, 0.2) is 24.3 Å². The van der Waals surface area contributed by atoms with Gasteiger partial charge in [-0.15, -0.1) is 12.4 Å². The van der Waals surface area contributed by atoms with Crippen LogP contribution >= 0.6 is 24.0 Å². The van der Waals surface area contributed by atoms with Gasteiger partial charge in [-0.1, -0.05) is 23.7 Å². The molecule has 1 aromatic carbocycles. The number of piperazine rings is 1. The molecule has 1 aromatic rings. The van der Waals surface area contributed by atoms with Crippen LogP contribution in [0.25, 0.3) is 0 Å². The lowest BCUT2D eigenvalue weighted by molar-refractivity contribution is 0.0408. The molecule has 0 amide bonds. The van der Waals surface area contributed by atoms with Crippen LogP contribution in [0.2, 0.25) is 5.02 Å². The molecule has 21 heavy (non-hydrogen) atoms. The Morgan fingerprint density at radius 3 is 2.86 bits per heavy atom. The van der Waals surface area contributed by atoms with Gasteiger partial charge in [-0.2, -0.15) is 0 Å². The highest BCUT2D eigenvalue weighted by atomic mass is 35.5. The maximum atomic E-state index is 6.15. The van der Waals surface area contributed by atoms with Crippen molar-refractivity contribution in [3.63, 3.8) is 0 Å². The minimum atomic E-state index is 0. The van der Waals surface area contributed by atoms with E-state index in [4.69, 9.17) is 16.3 Å². The second-order valence-electron chi connectivity index (χ2n) is 5.83. The molecule has 2 aliphatic rings. The van der Waals surface area contributed by atoms with E-state index in [2.05, 4.69) is 28.4 Å². The molecular weight excluding hydrogens is 307 g/mol. The molecule has 118 valence electrons. The summed E-state index contributed by atoms with van der Waals surface area (Å²) in [4.78, 5) is 2.62. The van der Waals surface area contributed by atoms with E-state index < -0.39 is 0 Å². The predicted molar refractivity (Wildman–Crippen MR) is 89.4 cm³/mol. The van der Waals surface area contributed by atoms with Crippen molar-refractivity contribution >= 4 is 24.0 Å². The van der Waals surface area contributed by atoms with Crippen LogP contribution in [0, 0.1) is 5.92 Å². The van der Waals surface area contributed by atoms with Gasteiger partial charge in [0, 0.05) is 50.5 Å². The summed E-state index contributed by atoms with van der Waals surface area (Å²) in [5.41, 5.74) is 1.33. The number of benzene rings is 1. The van der Waals surface area contributed by atoms with E-state index in [9.17, 15) is 0 Å². The second-order valence-corrected chi connectivity index (χ2v) is 6.26. The van der Waals surface area contributed by atoms with E-state index in [1.165, 1.54) is 24.9 Å². The highest BCUT2D eigenvalue weighted by Gasteiger charge is 2.26. The van der Waals surface area contributed by atoms with Crippen molar-refractivity contribution in [1.82, 2.24) is 10.2 Å². The van der Waals surface area contributed by atoms with Gasteiger partial charge in [-0.05, 0) is 36.5 Å². The first-order chi connectivity index (χ1) is 9.83. The van der Waals surface area contributed by atoms with Crippen LogP contribution in [0.1, 0.15) is 24.4 Å². The Bertz CT molecular complexity index is 438. The van der Waals surface area contributed by atoms with Crippen molar-refractivity contribution in [3.8, 4) is 0 Å². The number of nitrogens with zero attached hydrogens (tertiary/aromatic N) is 1. The highest BCUT2D eigenvalue weighted by molar-refractivity contribution is 6.30. The number of rotatable bonds is 3. The summed E-state index contributed by atoms with van der Waals surface area (Å²) in [6, 6.07) is 8.75. The fourth-order valence-electron chi connectivity index (χ4n) is 3.27. The molecule has 2 fully saturated rings. The monoisotopic (exact) mass is 330 g/mol. The lowest BCUT2D eigenvalue weighted by atomic mass is 9.96. The Hall–Kier alpha value is -0.320.